The van der Waals surface area contributed by atoms with Gasteiger partial charge in [-0.15, -0.1) is 0 Å². The van der Waals surface area contributed by atoms with Crippen LogP contribution in [0.3, 0.4) is 0 Å². The van der Waals surface area contributed by atoms with Crippen LogP contribution in [0.25, 0.3) is 0 Å². The maximum absolute atomic E-state index is 6.24. The van der Waals surface area contributed by atoms with Crippen LogP contribution < -0.4 is 10.6 Å². The first-order chi connectivity index (χ1) is 8.61. The number of anilines is 1. The quantitative estimate of drug-likeness (QED) is 0.909. The normalized spacial score (nSPS) is 19.8. The lowest BCUT2D eigenvalue weighted by Crippen LogP contribution is -2.37. The minimum atomic E-state index is 0.500. The zero-order chi connectivity index (χ0) is 13.1. The van der Waals surface area contributed by atoms with E-state index < -0.39 is 0 Å². The number of hydrogen-bond acceptors (Lipinski definition) is 3. The Kier molecular flexibility index (Phi) is 4.49. The van der Waals surface area contributed by atoms with Crippen molar-refractivity contribution < 1.29 is 0 Å². The van der Waals surface area contributed by atoms with Gasteiger partial charge in [0.25, 0.3) is 0 Å². The molecule has 4 heteroatoms. The van der Waals surface area contributed by atoms with Crippen LogP contribution in [0.1, 0.15) is 18.4 Å². The Morgan fingerprint density at radius 3 is 2.83 bits per heavy atom. The van der Waals surface area contributed by atoms with Gasteiger partial charge in [0.15, 0.2) is 0 Å². The molecule has 18 heavy (non-hydrogen) atoms. The van der Waals surface area contributed by atoms with Crippen molar-refractivity contribution in [2.75, 3.05) is 32.1 Å². The van der Waals surface area contributed by atoms with E-state index in [0.717, 1.165) is 23.7 Å². The first-order valence-corrected chi connectivity index (χ1v) is 6.89. The highest BCUT2D eigenvalue weighted by molar-refractivity contribution is 6.31. The summed E-state index contributed by atoms with van der Waals surface area (Å²) < 4.78 is 0. The summed E-state index contributed by atoms with van der Waals surface area (Å²) in [4.78, 5) is 4.71. The van der Waals surface area contributed by atoms with Crippen molar-refractivity contribution in [1.29, 1.82) is 0 Å². The molecule has 0 aliphatic carbocycles. The van der Waals surface area contributed by atoms with E-state index in [1.165, 1.54) is 18.5 Å². The van der Waals surface area contributed by atoms with Crippen molar-refractivity contribution in [3.63, 3.8) is 0 Å². The van der Waals surface area contributed by atoms with Crippen LogP contribution in [-0.2, 0) is 6.54 Å². The minimum Gasteiger partial charge on any atom is -0.367 e. The molecule has 2 rings (SSSR count). The monoisotopic (exact) mass is 267 g/mol. The predicted molar refractivity (Wildman–Crippen MR) is 78.3 cm³/mol. The van der Waals surface area contributed by atoms with E-state index in [0.29, 0.717) is 12.6 Å². The second-order valence-corrected chi connectivity index (χ2v) is 5.64. The predicted octanol–water partition coefficient (Wildman–Crippen LogP) is 2.33. The number of hydrogen-bond donors (Lipinski definition) is 1. The van der Waals surface area contributed by atoms with Gasteiger partial charge in [-0.3, -0.25) is 0 Å². The number of rotatable bonds is 4. The SMILES string of the molecule is CN(C)CC1CCCN1c1ccc(CN)c(Cl)c1. The van der Waals surface area contributed by atoms with Gasteiger partial charge >= 0.3 is 0 Å². The lowest BCUT2D eigenvalue weighted by Gasteiger charge is -2.29. The molecule has 1 saturated heterocycles. The summed E-state index contributed by atoms with van der Waals surface area (Å²) in [6, 6.07) is 6.84. The molecule has 0 radical (unpaired) electrons. The molecule has 100 valence electrons. The second-order valence-electron chi connectivity index (χ2n) is 5.23. The Labute approximate surface area is 115 Å². The molecule has 0 saturated carbocycles. The van der Waals surface area contributed by atoms with E-state index in [-0.39, 0.29) is 0 Å². The molecule has 2 N–H and O–H groups in total. The number of halogens is 1. The molecule has 1 unspecified atom stereocenters. The summed E-state index contributed by atoms with van der Waals surface area (Å²) >= 11 is 6.24. The van der Waals surface area contributed by atoms with Gasteiger partial charge in [-0.25, -0.2) is 0 Å². The fourth-order valence-electron chi connectivity index (χ4n) is 2.67. The van der Waals surface area contributed by atoms with E-state index in [4.69, 9.17) is 17.3 Å². The van der Waals surface area contributed by atoms with Gasteiger partial charge in [-0.2, -0.15) is 0 Å². The average molecular weight is 268 g/mol. The first kappa shape index (κ1) is 13.7. The van der Waals surface area contributed by atoms with E-state index >= 15 is 0 Å². The van der Waals surface area contributed by atoms with Gasteiger partial charge in [0.1, 0.15) is 0 Å². The molecule has 1 heterocycles. The van der Waals surface area contributed by atoms with Gasteiger partial charge in [-0.1, -0.05) is 17.7 Å². The number of nitrogens with two attached hydrogens (primary N) is 1. The third-order valence-electron chi connectivity index (χ3n) is 3.54. The van der Waals surface area contributed by atoms with Gasteiger partial charge < -0.3 is 15.5 Å². The van der Waals surface area contributed by atoms with Crippen molar-refractivity contribution in [3.05, 3.63) is 28.8 Å². The Bertz CT molecular complexity index is 406. The maximum atomic E-state index is 6.24. The topological polar surface area (TPSA) is 32.5 Å². The Hall–Kier alpha value is -0.770. The van der Waals surface area contributed by atoms with Crippen LogP contribution in [-0.4, -0.2) is 38.1 Å². The summed E-state index contributed by atoms with van der Waals surface area (Å²) in [6.45, 7) is 2.72. The van der Waals surface area contributed by atoms with Crippen LogP contribution in [0.4, 0.5) is 5.69 Å². The molecule has 1 aliphatic rings. The molecule has 1 atom stereocenters. The van der Waals surface area contributed by atoms with Crippen molar-refractivity contribution in [1.82, 2.24) is 4.90 Å². The summed E-state index contributed by atoms with van der Waals surface area (Å²) in [7, 11) is 4.25. The number of likely N-dealkylation sites (N-methyl/N-ethyl adjacent to an activating group) is 1. The Morgan fingerprint density at radius 1 is 1.44 bits per heavy atom. The lowest BCUT2D eigenvalue weighted by atomic mass is 10.1. The number of benzene rings is 1. The Morgan fingerprint density at radius 2 is 2.22 bits per heavy atom. The molecule has 1 aliphatic heterocycles. The van der Waals surface area contributed by atoms with Gasteiger partial charge in [0.05, 0.1) is 0 Å². The molecule has 1 aromatic rings. The van der Waals surface area contributed by atoms with Gasteiger partial charge in [0, 0.05) is 36.4 Å². The van der Waals surface area contributed by atoms with Crippen LogP contribution in [0, 0.1) is 0 Å². The zero-order valence-corrected chi connectivity index (χ0v) is 12.0. The highest BCUT2D eigenvalue weighted by atomic mass is 35.5. The molecule has 0 aromatic heterocycles. The van der Waals surface area contributed by atoms with Crippen LogP contribution >= 0.6 is 11.6 Å². The average Bonchev–Trinajstić information content (AvgIpc) is 2.76. The van der Waals surface area contributed by atoms with Crippen molar-refractivity contribution in [2.24, 2.45) is 5.73 Å². The third-order valence-corrected chi connectivity index (χ3v) is 3.89. The third kappa shape index (κ3) is 2.97. The van der Waals surface area contributed by atoms with Crippen LogP contribution in [0.5, 0.6) is 0 Å². The standard InChI is InChI=1S/C14H22ClN3/c1-17(2)10-13-4-3-7-18(13)12-6-5-11(9-16)14(15)8-12/h5-6,8,13H,3-4,7,9-10,16H2,1-2H3. The highest BCUT2D eigenvalue weighted by Crippen LogP contribution is 2.29. The summed E-state index contributed by atoms with van der Waals surface area (Å²) in [5, 5.41) is 0.783. The van der Waals surface area contributed by atoms with Gasteiger partial charge in [0.2, 0.25) is 0 Å². The van der Waals surface area contributed by atoms with E-state index in [9.17, 15) is 0 Å². The maximum Gasteiger partial charge on any atom is 0.0471 e. The highest BCUT2D eigenvalue weighted by Gasteiger charge is 2.25. The fourth-order valence-corrected chi connectivity index (χ4v) is 2.92. The molecule has 1 aromatic carbocycles. The fraction of sp³-hybridized carbons (Fsp3) is 0.571. The summed E-state index contributed by atoms with van der Waals surface area (Å²) in [5.41, 5.74) is 7.88. The minimum absolute atomic E-state index is 0.500. The molecule has 0 spiro atoms. The van der Waals surface area contributed by atoms with Crippen molar-refractivity contribution in [2.45, 2.75) is 25.4 Å². The van der Waals surface area contributed by atoms with Crippen molar-refractivity contribution in [3.8, 4) is 0 Å². The molecule has 1 fully saturated rings. The first-order valence-electron chi connectivity index (χ1n) is 6.51. The van der Waals surface area contributed by atoms with Crippen LogP contribution in [0.15, 0.2) is 18.2 Å². The Balaban J connectivity index is 2.17. The molecular weight excluding hydrogens is 246 g/mol. The largest absolute Gasteiger partial charge is 0.367 e. The van der Waals surface area contributed by atoms with E-state index in [2.05, 4.69) is 36.0 Å². The van der Waals surface area contributed by atoms with Crippen molar-refractivity contribution >= 4 is 17.3 Å². The van der Waals surface area contributed by atoms with E-state index in [1.54, 1.807) is 0 Å². The summed E-state index contributed by atoms with van der Waals surface area (Å²) in [6.07, 6.45) is 2.52. The second kappa shape index (κ2) is 5.91. The zero-order valence-electron chi connectivity index (χ0n) is 11.2. The molecule has 0 bridgehead atoms. The molecule has 0 amide bonds. The molecule has 3 nitrogen and oxygen atoms in total. The molecular formula is C14H22ClN3. The lowest BCUT2D eigenvalue weighted by molar-refractivity contribution is 0.372. The summed E-state index contributed by atoms with van der Waals surface area (Å²) in [5.74, 6) is 0. The van der Waals surface area contributed by atoms with Crippen LogP contribution in [0.2, 0.25) is 5.02 Å². The number of nitrogens with zero attached hydrogens (tertiary/aromatic N) is 2. The van der Waals surface area contributed by atoms with E-state index in [1.807, 2.05) is 6.07 Å². The van der Waals surface area contributed by atoms with Gasteiger partial charge in [-0.05, 0) is 44.6 Å². The smallest absolute Gasteiger partial charge is 0.0471 e.